The molecule has 0 saturated heterocycles. The molecular formula is C7H14O. The van der Waals surface area contributed by atoms with E-state index < -0.39 is 0 Å². The SMILES string of the molecule is [CH2]C[CH]OC(C)(C)C. The summed E-state index contributed by atoms with van der Waals surface area (Å²) in [5.74, 6) is 0. The minimum atomic E-state index is -0.0440. The molecule has 0 heterocycles. The molecular weight excluding hydrogens is 100 g/mol. The van der Waals surface area contributed by atoms with Gasteiger partial charge in [0.2, 0.25) is 0 Å². The van der Waals surface area contributed by atoms with E-state index in [2.05, 4.69) is 6.92 Å². The lowest BCUT2D eigenvalue weighted by Crippen LogP contribution is -2.16. The van der Waals surface area contributed by atoms with Crippen LogP contribution in [0.4, 0.5) is 0 Å². The summed E-state index contributed by atoms with van der Waals surface area (Å²) >= 11 is 0. The summed E-state index contributed by atoms with van der Waals surface area (Å²) < 4.78 is 5.19. The normalized spacial score (nSPS) is 12.0. The molecule has 1 heteroatoms. The fourth-order valence-corrected chi connectivity index (χ4v) is 0.309. The fourth-order valence-electron chi connectivity index (χ4n) is 0.309. The third-order valence-electron chi connectivity index (χ3n) is 0.555. The van der Waals surface area contributed by atoms with E-state index in [9.17, 15) is 0 Å². The zero-order valence-electron chi connectivity index (χ0n) is 5.90. The van der Waals surface area contributed by atoms with Crippen LogP contribution >= 0.6 is 0 Å². The Morgan fingerprint density at radius 2 is 2.00 bits per heavy atom. The molecule has 0 spiro atoms. The maximum absolute atomic E-state index is 5.19. The van der Waals surface area contributed by atoms with E-state index in [1.165, 1.54) is 0 Å². The van der Waals surface area contributed by atoms with Crippen LogP contribution in [0.5, 0.6) is 0 Å². The minimum Gasteiger partial charge on any atom is -0.370 e. The Morgan fingerprint density at radius 3 is 2.12 bits per heavy atom. The Balaban J connectivity index is 3.11. The lowest BCUT2D eigenvalue weighted by atomic mass is 10.2. The molecule has 0 rings (SSSR count). The lowest BCUT2D eigenvalue weighted by Gasteiger charge is -2.17. The Morgan fingerprint density at radius 1 is 1.50 bits per heavy atom. The summed E-state index contributed by atoms with van der Waals surface area (Å²) in [7, 11) is 0. The average Bonchev–Trinajstić information content (AvgIpc) is 1.59. The molecule has 0 aliphatic carbocycles. The van der Waals surface area contributed by atoms with Crippen molar-refractivity contribution in [1.29, 1.82) is 0 Å². The molecule has 0 aromatic heterocycles. The molecule has 8 heavy (non-hydrogen) atoms. The van der Waals surface area contributed by atoms with Gasteiger partial charge in [0.25, 0.3) is 0 Å². The van der Waals surface area contributed by atoms with Crippen molar-refractivity contribution >= 4 is 0 Å². The van der Waals surface area contributed by atoms with Crippen molar-refractivity contribution in [3.8, 4) is 0 Å². The minimum absolute atomic E-state index is 0.0440. The number of rotatable bonds is 2. The van der Waals surface area contributed by atoms with Crippen molar-refractivity contribution in [3.63, 3.8) is 0 Å². The Hall–Kier alpha value is -0.0400. The fraction of sp³-hybridized carbons (Fsp3) is 0.714. The van der Waals surface area contributed by atoms with Gasteiger partial charge in [-0.2, -0.15) is 0 Å². The predicted octanol–water partition coefficient (Wildman–Crippen LogP) is 2.19. The monoisotopic (exact) mass is 114 g/mol. The summed E-state index contributed by atoms with van der Waals surface area (Å²) in [5.41, 5.74) is -0.0440. The Labute approximate surface area is 52.0 Å². The topological polar surface area (TPSA) is 9.23 Å². The van der Waals surface area contributed by atoms with Crippen molar-refractivity contribution in [2.45, 2.75) is 32.8 Å². The number of hydrogen-bond acceptors (Lipinski definition) is 1. The first kappa shape index (κ1) is 7.96. The quantitative estimate of drug-likeness (QED) is 0.534. The molecule has 0 aliphatic rings. The first-order valence-electron chi connectivity index (χ1n) is 2.85. The third-order valence-corrected chi connectivity index (χ3v) is 0.555. The molecule has 0 saturated carbocycles. The van der Waals surface area contributed by atoms with Gasteiger partial charge < -0.3 is 4.74 Å². The van der Waals surface area contributed by atoms with Crippen LogP contribution in [-0.4, -0.2) is 5.60 Å². The van der Waals surface area contributed by atoms with Gasteiger partial charge in [0.05, 0.1) is 12.2 Å². The molecule has 1 nitrogen and oxygen atoms in total. The van der Waals surface area contributed by atoms with Gasteiger partial charge >= 0.3 is 0 Å². The van der Waals surface area contributed by atoms with E-state index in [1.54, 1.807) is 6.61 Å². The molecule has 2 radical (unpaired) electrons. The first-order chi connectivity index (χ1) is 3.56. The van der Waals surface area contributed by atoms with Gasteiger partial charge in [-0.1, -0.05) is 6.92 Å². The zero-order valence-corrected chi connectivity index (χ0v) is 5.90. The molecule has 0 bridgehead atoms. The number of ether oxygens (including phenoxy) is 1. The van der Waals surface area contributed by atoms with Crippen molar-refractivity contribution < 1.29 is 4.74 Å². The lowest BCUT2D eigenvalue weighted by molar-refractivity contribution is 0.0417. The second kappa shape index (κ2) is 3.08. The molecule has 0 aromatic carbocycles. The van der Waals surface area contributed by atoms with Gasteiger partial charge in [-0.15, -0.1) is 0 Å². The standard InChI is InChI=1S/C7H14O/c1-5-6-8-7(2,3)4/h6H,1,5H2,2-4H3. The van der Waals surface area contributed by atoms with Crippen LogP contribution in [0.3, 0.4) is 0 Å². The van der Waals surface area contributed by atoms with Crippen LogP contribution in [0.15, 0.2) is 0 Å². The summed E-state index contributed by atoms with van der Waals surface area (Å²) in [5, 5.41) is 0. The van der Waals surface area contributed by atoms with Crippen molar-refractivity contribution in [2.24, 2.45) is 0 Å². The summed E-state index contributed by atoms with van der Waals surface area (Å²) in [6, 6.07) is 0. The highest BCUT2D eigenvalue weighted by Crippen LogP contribution is 2.08. The molecule has 48 valence electrons. The van der Waals surface area contributed by atoms with Gasteiger partial charge in [-0.05, 0) is 27.2 Å². The molecule has 0 amide bonds. The molecule has 0 aromatic rings. The Kier molecular flexibility index (Phi) is 3.06. The van der Waals surface area contributed by atoms with Crippen LogP contribution in [-0.2, 0) is 4.74 Å². The van der Waals surface area contributed by atoms with Gasteiger partial charge in [-0.3, -0.25) is 0 Å². The van der Waals surface area contributed by atoms with E-state index in [0.717, 1.165) is 6.42 Å². The van der Waals surface area contributed by atoms with Crippen LogP contribution in [0.2, 0.25) is 0 Å². The van der Waals surface area contributed by atoms with Crippen molar-refractivity contribution in [1.82, 2.24) is 0 Å². The highest BCUT2D eigenvalue weighted by molar-refractivity contribution is 4.63. The van der Waals surface area contributed by atoms with E-state index in [1.807, 2.05) is 20.8 Å². The van der Waals surface area contributed by atoms with Gasteiger partial charge in [0.1, 0.15) is 0 Å². The van der Waals surface area contributed by atoms with Crippen molar-refractivity contribution in [3.05, 3.63) is 13.5 Å². The highest BCUT2D eigenvalue weighted by atomic mass is 16.5. The van der Waals surface area contributed by atoms with Gasteiger partial charge in [-0.25, -0.2) is 0 Å². The molecule has 0 aliphatic heterocycles. The predicted molar refractivity (Wildman–Crippen MR) is 35.1 cm³/mol. The van der Waals surface area contributed by atoms with Crippen molar-refractivity contribution in [2.75, 3.05) is 0 Å². The Bertz CT molecular complexity index is 51.9. The summed E-state index contributed by atoms with van der Waals surface area (Å²) in [4.78, 5) is 0. The van der Waals surface area contributed by atoms with Gasteiger partial charge in [0.15, 0.2) is 0 Å². The van der Waals surface area contributed by atoms with E-state index in [0.29, 0.717) is 0 Å². The largest absolute Gasteiger partial charge is 0.370 e. The maximum Gasteiger partial charge on any atom is 0.0844 e. The summed E-state index contributed by atoms with van der Waals surface area (Å²) in [6.07, 6.45) is 0.733. The van der Waals surface area contributed by atoms with Crippen LogP contribution < -0.4 is 0 Å². The van der Waals surface area contributed by atoms with Crippen LogP contribution in [0.25, 0.3) is 0 Å². The van der Waals surface area contributed by atoms with E-state index in [4.69, 9.17) is 4.74 Å². The smallest absolute Gasteiger partial charge is 0.0844 e. The first-order valence-corrected chi connectivity index (χ1v) is 2.85. The number of hydrogen-bond donors (Lipinski definition) is 0. The van der Waals surface area contributed by atoms with Crippen LogP contribution in [0.1, 0.15) is 27.2 Å². The third kappa shape index (κ3) is 5.96. The molecule has 0 N–H and O–H groups in total. The second-order valence-corrected chi connectivity index (χ2v) is 2.69. The average molecular weight is 114 g/mol. The molecule has 0 unspecified atom stereocenters. The summed E-state index contributed by atoms with van der Waals surface area (Å²) in [6.45, 7) is 11.4. The maximum atomic E-state index is 5.19. The highest BCUT2D eigenvalue weighted by Gasteiger charge is 2.07. The van der Waals surface area contributed by atoms with Crippen LogP contribution in [0, 0.1) is 13.5 Å². The zero-order chi connectivity index (χ0) is 6.62. The molecule has 0 atom stereocenters. The van der Waals surface area contributed by atoms with E-state index >= 15 is 0 Å². The molecule has 0 fully saturated rings. The van der Waals surface area contributed by atoms with Gasteiger partial charge in [0, 0.05) is 0 Å². The second-order valence-electron chi connectivity index (χ2n) is 2.69. The van der Waals surface area contributed by atoms with E-state index in [-0.39, 0.29) is 5.60 Å².